The van der Waals surface area contributed by atoms with E-state index in [1.807, 2.05) is 0 Å². The molecule has 0 aromatic carbocycles. The monoisotopic (exact) mass is 239 g/mol. The molecule has 0 saturated carbocycles. The molecule has 0 aliphatic carbocycles. The van der Waals surface area contributed by atoms with Crippen LogP contribution in [0.5, 0.6) is 0 Å². The maximum atomic E-state index is 11.8. The van der Waals surface area contributed by atoms with E-state index >= 15 is 0 Å². The molecule has 2 unspecified atom stereocenters. The number of nitrogens with one attached hydrogen (secondary N) is 2. The van der Waals surface area contributed by atoms with Gasteiger partial charge in [-0.2, -0.15) is 0 Å². The van der Waals surface area contributed by atoms with Gasteiger partial charge >= 0.3 is 5.97 Å². The zero-order valence-corrected chi connectivity index (χ0v) is 10.4. The zero-order chi connectivity index (χ0) is 13.2. The first-order chi connectivity index (χ1) is 7.82. The van der Waals surface area contributed by atoms with E-state index in [0.717, 1.165) is 0 Å². The van der Waals surface area contributed by atoms with Crippen molar-refractivity contribution < 1.29 is 9.90 Å². The molecule has 1 aromatic rings. The Labute approximate surface area is 99.1 Å². The molecule has 0 saturated heterocycles. The Kier molecular flexibility index (Phi) is 4.01. The Morgan fingerprint density at radius 1 is 1.41 bits per heavy atom. The number of hydrogen-bond donors (Lipinski definition) is 3. The van der Waals surface area contributed by atoms with Crippen LogP contribution in [0.15, 0.2) is 4.79 Å². The molecule has 0 fully saturated rings. The van der Waals surface area contributed by atoms with Crippen LogP contribution in [-0.2, 0) is 4.79 Å². The number of carboxylic acids is 1. The first-order valence-corrected chi connectivity index (χ1v) is 5.39. The second-order valence-corrected chi connectivity index (χ2v) is 4.10. The average Bonchev–Trinajstić information content (AvgIpc) is 2.15. The molecule has 94 valence electrons. The Morgan fingerprint density at radius 3 is 2.47 bits per heavy atom. The highest BCUT2D eigenvalue weighted by molar-refractivity contribution is 5.72. The fourth-order valence-corrected chi connectivity index (χ4v) is 1.78. The lowest BCUT2D eigenvalue weighted by Gasteiger charge is -2.18. The topological polar surface area (TPSA) is 95.1 Å². The van der Waals surface area contributed by atoms with Gasteiger partial charge in [-0.15, -0.1) is 0 Å². The molecular weight excluding hydrogens is 222 g/mol. The van der Waals surface area contributed by atoms with Crippen LogP contribution in [0.4, 0.5) is 0 Å². The molecular formula is C11H17N3O3. The molecule has 0 amide bonds. The summed E-state index contributed by atoms with van der Waals surface area (Å²) in [7, 11) is 0. The van der Waals surface area contributed by atoms with Crippen molar-refractivity contribution in [3.05, 3.63) is 27.4 Å². The minimum absolute atomic E-state index is 0.229. The summed E-state index contributed by atoms with van der Waals surface area (Å²) in [6.45, 7) is 6.72. The molecule has 1 rings (SSSR count). The van der Waals surface area contributed by atoms with E-state index in [1.165, 1.54) is 6.92 Å². The SMILES string of the molecule is Cc1nc(C)c(C(C)NC(C)C(=O)O)c(=O)[nH]1. The molecule has 17 heavy (non-hydrogen) atoms. The van der Waals surface area contributed by atoms with Crippen molar-refractivity contribution >= 4 is 5.97 Å². The highest BCUT2D eigenvalue weighted by Crippen LogP contribution is 2.11. The smallest absolute Gasteiger partial charge is 0.320 e. The lowest BCUT2D eigenvalue weighted by Crippen LogP contribution is -2.38. The van der Waals surface area contributed by atoms with Crippen molar-refractivity contribution in [2.45, 2.75) is 39.8 Å². The van der Waals surface area contributed by atoms with Crippen molar-refractivity contribution in [1.29, 1.82) is 0 Å². The van der Waals surface area contributed by atoms with E-state index in [-0.39, 0.29) is 11.6 Å². The van der Waals surface area contributed by atoms with E-state index in [2.05, 4.69) is 15.3 Å². The fraction of sp³-hybridized carbons (Fsp3) is 0.545. The highest BCUT2D eigenvalue weighted by Gasteiger charge is 2.19. The van der Waals surface area contributed by atoms with Gasteiger partial charge in [-0.05, 0) is 27.7 Å². The fourth-order valence-electron chi connectivity index (χ4n) is 1.78. The number of aliphatic carboxylic acids is 1. The maximum absolute atomic E-state index is 11.8. The van der Waals surface area contributed by atoms with Crippen molar-refractivity contribution in [1.82, 2.24) is 15.3 Å². The lowest BCUT2D eigenvalue weighted by atomic mass is 10.1. The van der Waals surface area contributed by atoms with E-state index in [1.54, 1.807) is 20.8 Å². The van der Waals surface area contributed by atoms with Crippen molar-refractivity contribution in [3.63, 3.8) is 0 Å². The minimum Gasteiger partial charge on any atom is -0.480 e. The Bertz CT molecular complexity index is 481. The summed E-state index contributed by atoms with van der Waals surface area (Å²) in [6.07, 6.45) is 0. The van der Waals surface area contributed by atoms with Gasteiger partial charge in [0.15, 0.2) is 0 Å². The Balaban J connectivity index is 3.01. The largest absolute Gasteiger partial charge is 0.480 e. The molecule has 0 aliphatic rings. The van der Waals surface area contributed by atoms with Crippen molar-refractivity contribution in [2.75, 3.05) is 0 Å². The summed E-state index contributed by atoms with van der Waals surface area (Å²) >= 11 is 0. The molecule has 6 nitrogen and oxygen atoms in total. The van der Waals surface area contributed by atoms with Gasteiger partial charge in [0.25, 0.3) is 5.56 Å². The number of aromatic nitrogens is 2. The van der Waals surface area contributed by atoms with Crippen molar-refractivity contribution in [2.24, 2.45) is 0 Å². The minimum atomic E-state index is -0.953. The van der Waals surface area contributed by atoms with E-state index in [0.29, 0.717) is 17.1 Å². The predicted octanol–water partition coefficient (Wildman–Crippen LogP) is 0.510. The summed E-state index contributed by atoms with van der Waals surface area (Å²) in [5.41, 5.74) is 0.861. The number of aromatic amines is 1. The number of aryl methyl sites for hydroxylation is 2. The Hall–Kier alpha value is -1.69. The zero-order valence-electron chi connectivity index (χ0n) is 10.4. The first kappa shape index (κ1) is 13.4. The standard InChI is InChI=1S/C11H17N3O3/c1-5(12-7(3)11(16)17)9-6(2)13-8(4)14-10(9)15/h5,7,12H,1-4H3,(H,16,17)(H,13,14,15). The van der Waals surface area contributed by atoms with Gasteiger partial charge < -0.3 is 10.1 Å². The summed E-state index contributed by atoms with van der Waals surface area (Å²) in [5, 5.41) is 11.6. The van der Waals surface area contributed by atoms with E-state index < -0.39 is 12.0 Å². The quantitative estimate of drug-likeness (QED) is 0.711. The summed E-state index contributed by atoms with van der Waals surface area (Å²) in [6, 6.07) is -1.08. The number of carbonyl (C=O) groups is 1. The number of H-pyrrole nitrogens is 1. The Morgan fingerprint density at radius 2 is 2.00 bits per heavy atom. The highest BCUT2D eigenvalue weighted by atomic mass is 16.4. The van der Waals surface area contributed by atoms with Gasteiger partial charge in [0.05, 0.1) is 5.56 Å². The molecule has 0 bridgehead atoms. The summed E-state index contributed by atoms with van der Waals surface area (Å²) in [5.74, 6) is -0.402. The molecule has 0 aliphatic heterocycles. The molecule has 1 aromatic heterocycles. The number of hydrogen-bond acceptors (Lipinski definition) is 4. The summed E-state index contributed by atoms with van der Waals surface area (Å²) in [4.78, 5) is 29.3. The molecule has 0 radical (unpaired) electrons. The van der Waals surface area contributed by atoms with E-state index in [4.69, 9.17) is 5.11 Å². The van der Waals surface area contributed by atoms with Crippen LogP contribution >= 0.6 is 0 Å². The number of rotatable bonds is 4. The van der Waals surface area contributed by atoms with Gasteiger partial charge in [-0.1, -0.05) is 0 Å². The van der Waals surface area contributed by atoms with Crippen LogP contribution in [0.3, 0.4) is 0 Å². The first-order valence-electron chi connectivity index (χ1n) is 5.39. The van der Waals surface area contributed by atoms with Gasteiger partial charge in [0.2, 0.25) is 0 Å². The third kappa shape index (κ3) is 3.13. The van der Waals surface area contributed by atoms with Crippen LogP contribution in [-0.4, -0.2) is 27.1 Å². The maximum Gasteiger partial charge on any atom is 0.320 e. The third-order valence-corrected chi connectivity index (χ3v) is 2.57. The average molecular weight is 239 g/mol. The van der Waals surface area contributed by atoms with Crippen LogP contribution in [0.2, 0.25) is 0 Å². The number of carboxylic acid groups (broad SMARTS) is 1. The van der Waals surface area contributed by atoms with Gasteiger partial charge in [0, 0.05) is 11.7 Å². The van der Waals surface area contributed by atoms with Gasteiger partial charge in [0.1, 0.15) is 11.9 Å². The van der Waals surface area contributed by atoms with Crippen LogP contribution in [0.25, 0.3) is 0 Å². The third-order valence-electron chi connectivity index (χ3n) is 2.57. The second-order valence-electron chi connectivity index (χ2n) is 4.10. The molecule has 1 heterocycles. The van der Waals surface area contributed by atoms with Crippen LogP contribution in [0.1, 0.15) is 37.0 Å². The molecule has 2 atom stereocenters. The second kappa shape index (κ2) is 5.09. The van der Waals surface area contributed by atoms with E-state index in [9.17, 15) is 9.59 Å². The van der Waals surface area contributed by atoms with Gasteiger partial charge in [-0.3, -0.25) is 14.9 Å². The molecule has 3 N–H and O–H groups in total. The van der Waals surface area contributed by atoms with Gasteiger partial charge in [-0.25, -0.2) is 4.98 Å². The van der Waals surface area contributed by atoms with Crippen LogP contribution in [0, 0.1) is 13.8 Å². The summed E-state index contributed by atoms with van der Waals surface area (Å²) < 4.78 is 0. The normalized spacial score (nSPS) is 14.4. The number of nitrogens with zero attached hydrogens (tertiary/aromatic N) is 1. The predicted molar refractivity (Wildman–Crippen MR) is 63.0 cm³/mol. The van der Waals surface area contributed by atoms with Crippen LogP contribution < -0.4 is 10.9 Å². The lowest BCUT2D eigenvalue weighted by molar-refractivity contribution is -0.139. The molecule has 0 spiro atoms. The molecule has 6 heteroatoms. The van der Waals surface area contributed by atoms with Crippen molar-refractivity contribution in [3.8, 4) is 0 Å².